The molecule has 0 aromatic rings. The Kier molecular flexibility index (Phi) is 3.16. The minimum absolute atomic E-state index is 0.0215. The maximum Gasteiger partial charge on any atom is 0.0745 e. The Morgan fingerprint density at radius 2 is 1.94 bits per heavy atom. The summed E-state index contributed by atoms with van der Waals surface area (Å²) in [5.41, 5.74) is 0.258. The number of hydrogen-bond donors (Lipinski definition) is 2. The molecular formula is C15H26O2. The van der Waals surface area contributed by atoms with Crippen molar-refractivity contribution in [2.45, 2.75) is 64.6 Å². The molecule has 0 radical (unpaired) electrons. The fourth-order valence-corrected chi connectivity index (χ4v) is 4.09. The summed E-state index contributed by atoms with van der Waals surface area (Å²) in [7, 11) is 0. The molecule has 2 N–H and O–H groups in total. The third-order valence-corrected chi connectivity index (χ3v) is 5.79. The highest BCUT2D eigenvalue weighted by molar-refractivity contribution is 5.12. The Morgan fingerprint density at radius 3 is 2.41 bits per heavy atom. The molecular weight excluding hydrogens is 212 g/mol. The Morgan fingerprint density at radius 1 is 1.35 bits per heavy atom. The summed E-state index contributed by atoms with van der Waals surface area (Å²) in [5.74, 6) is 1.11. The van der Waals surface area contributed by atoms with Crippen LogP contribution < -0.4 is 0 Å². The summed E-state index contributed by atoms with van der Waals surface area (Å²) < 4.78 is 0. The fourth-order valence-electron chi connectivity index (χ4n) is 4.09. The zero-order chi connectivity index (χ0) is 12.8. The molecule has 98 valence electrons. The normalized spacial score (nSPS) is 46.2. The number of rotatable bonds is 4. The van der Waals surface area contributed by atoms with Gasteiger partial charge in [0.05, 0.1) is 11.7 Å². The van der Waals surface area contributed by atoms with E-state index in [1.54, 1.807) is 0 Å². The van der Waals surface area contributed by atoms with Crippen LogP contribution in [0.15, 0.2) is 12.2 Å². The van der Waals surface area contributed by atoms with Gasteiger partial charge < -0.3 is 10.2 Å². The summed E-state index contributed by atoms with van der Waals surface area (Å²) in [4.78, 5) is 0. The molecule has 0 spiro atoms. The molecule has 0 unspecified atom stereocenters. The van der Waals surface area contributed by atoms with Crippen molar-refractivity contribution in [2.24, 2.45) is 17.3 Å². The van der Waals surface area contributed by atoms with Gasteiger partial charge in [-0.05, 0) is 63.2 Å². The van der Waals surface area contributed by atoms with Crippen molar-refractivity contribution >= 4 is 0 Å². The van der Waals surface area contributed by atoms with Gasteiger partial charge in [-0.2, -0.15) is 0 Å². The van der Waals surface area contributed by atoms with Crippen molar-refractivity contribution in [3.05, 3.63) is 12.2 Å². The van der Waals surface area contributed by atoms with Crippen LogP contribution in [0.25, 0.3) is 0 Å². The average molecular weight is 238 g/mol. The predicted octanol–water partition coefficient (Wildman–Crippen LogP) is 2.89. The molecule has 0 aliphatic heterocycles. The summed E-state index contributed by atoms with van der Waals surface area (Å²) in [6.07, 6.45) is 4.81. The summed E-state index contributed by atoms with van der Waals surface area (Å²) in [6, 6.07) is 0. The smallest absolute Gasteiger partial charge is 0.0745 e. The van der Waals surface area contributed by atoms with Gasteiger partial charge in [0.2, 0.25) is 0 Å². The van der Waals surface area contributed by atoms with Gasteiger partial charge in [-0.1, -0.05) is 19.1 Å². The second-order valence-electron chi connectivity index (χ2n) is 6.67. The SMILES string of the molecule is C=C(C)[C@H](O)CC[C@]1(C)[C@@H]2CC[C@@H](C2)[C@@]1(C)O. The van der Waals surface area contributed by atoms with Gasteiger partial charge in [-0.15, -0.1) is 0 Å². The summed E-state index contributed by atoms with van der Waals surface area (Å²) >= 11 is 0. The molecule has 2 aliphatic rings. The Balaban J connectivity index is 2.06. The van der Waals surface area contributed by atoms with Crippen LogP contribution in [0.1, 0.15) is 52.9 Å². The lowest BCUT2D eigenvalue weighted by Gasteiger charge is -2.46. The third kappa shape index (κ3) is 1.86. The lowest BCUT2D eigenvalue weighted by Crippen LogP contribution is -2.49. The van der Waals surface area contributed by atoms with Crippen LogP contribution in [0.4, 0.5) is 0 Å². The molecule has 0 heterocycles. The number of fused-ring (bicyclic) bond motifs is 2. The molecule has 2 fully saturated rings. The monoisotopic (exact) mass is 238 g/mol. The quantitative estimate of drug-likeness (QED) is 0.739. The van der Waals surface area contributed by atoms with Crippen molar-refractivity contribution in [3.8, 4) is 0 Å². The van der Waals surface area contributed by atoms with Crippen molar-refractivity contribution in [1.82, 2.24) is 0 Å². The standard InChI is InChI=1S/C15H26O2/c1-10(2)13(16)7-8-14(3)11-5-6-12(9-11)15(14,4)17/h11-13,16-17H,1,5-9H2,2-4H3/t11-,12+,13-,14-,15-/m1/s1. The Labute approximate surface area is 105 Å². The molecule has 0 saturated heterocycles. The first kappa shape index (κ1) is 13.1. The van der Waals surface area contributed by atoms with Crippen molar-refractivity contribution in [3.63, 3.8) is 0 Å². The van der Waals surface area contributed by atoms with Crippen LogP contribution >= 0.6 is 0 Å². The van der Waals surface area contributed by atoms with Crippen LogP contribution in [0.5, 0.6) is 0 Å². The molecule has 2 aliphatic carbocycles. The number of aliphatic hydroxyl groups excluding tert-OH is 1. The lowest BCUT2D eigenvalue weighted by molar-refractivity contribution is -0.107. The van der Waals surface area contributed by atoms with Gasteiger partial charge in [0.1, 0.15) is 0 Å². The van der Waals surface area contributed by atoms with E-state index in [0.29, 0.717) is 11.8 Å². The second kappa shape index (κ2) is 4.10. The highest BCUT2D eigenvalue weighted by atomic mass is 16.3. The third-order valence-electron chi connectivity index (χ3n) is 5.79. The zero-order valence-corrected chi connectivity index (χ0v) is 11.4. The molecule has 5 atom stereocenters. The molecule has 2 nitrogen and oxygen atoms in total. The Hall–Kier alpha value is -0.340. The molecule has 17 heavy (non-hydrogen) atoms. The summed E-state index contributed by atoms with van der Waals surface area (Å²) in [6.45, 7) is 9.88. The minimum atomic E-state index is -0.551. The van der Waals surface area contributed by atoms with E-state index in [4.69, 9.17) is 0 Å². The highest BCUT2D eigenvalue weighted by Gasteiger charge is 2.61. The van der Waals surface area contributed by atoms with Gasteiger partial charge in [0.15, 0.2) is 0 Å². The van der Waals surface area contributed by atoms with E-state index in [-0.39, 0.29) is 5.41 Å². The van der Waals surface area contributed by atoms with Crippen molar-refractivity contribution < 1.29 is 10.2 Å². The second-order valence-corrected chi connectivity index (χ2v) is 6.67. The first-order chi connectivity index (χ1) is 7.79. The molecule has 2 bridgehead atoms. The van der Waals surface area contributed by atoms with Gasteiger partial charge in [-0.25, -0.2) is 0 Å². The van der Waals surface area contributed by atoms with Gasteiger partial charge in [0.25, 0.3) is 0 Å². The van der Waals surface area contributed by atoms with Crippen molar-refractivity contribution in [2.75, 3.05) is 0 Å². The molecule has 2 saturated carbocycles. The maximum atomic E-state index is 10.8. The number of aliphatic hydroxyl groups is 2. The van der Waals surface area contributed by atoms with Crippen LogP contribution in [-0.4, -0.2) is 21.9 Å². The highest BCUT2D eigenvalue weighted by Crippen LogP contribution is 2.63. The molecule has 0 amide bonds. The van der Waals surface area contributed by atoms with Gasteiger partial charge in [0, 0.05) is 0 Å². The van der Waals surface area contributed by atoms with Crippen LogP contribution in [0.2, 0.25) is 0 Å². The zero-order valence-electron chi connectivity index (χ0n) is 11.4. The minimum Gasteiger partial charge on any atom is -0.389 e. The predicted molar refractivity (Wildman–Crippen MR) is 69.6 cm³/mol. The number of hydrogen-bond acceptors (Lipinski definition) is 2. The molecule has 0 aromatic carbocycles. The Bertz CT molecular complexity index is 321. The summed E-state index contributed by atoms with van der Waals surface area (Å²) in [5, 5.41) is 20.6. The van der Waals surface area contributed by atoms with Crippen LogP contribution in [0.3, 0.4) is 0 Å². The maximum absolute atomic E-state index is 10.8. The van der Waals surface area contributed by atoms with Gasteiger partial charge in [-0.3, -0.25) is 0 Å². The van der Waals surface area contributed by atoms with E-state index in [0.717, 1.165) is 18.4 Å². The molecule has 2 heteroatoms. The van der Waals surface area contributed by atoms with Crippen LogP contribution in [0, 0.1) is 17.3 Å². The van der Waals surface area contributed by atoms with E-state index < -0.39 is 11.7 Å². The van der Waals surface area contributed by atoms with E-state index >= 15 is 0 Å². The average Bonchev–Trinajstić information content (AvgIpc) is 2.79. The van der Waals surface area contributed by atoms with Crippen LogP contribution in [-0.2, 0) is 0 Å². The van der Waals surface area contributed by atoms with Crippen molar-refractivity contribution in [1.29, 1.82) is 0 Å². The van der Waals surface area contributed by atoms with E-state index in [9.17, 15) is 10.2 Å². The first-order valence-corrected chi connectivity index (χ1v) is 6.85. The lowest BCUT2D eigenvalue weighted by atomic mass is 9.62. The van der Waals surface area contributed by atoms with Gasteiger partial charge >= 0.3 is 0 Å². The first-order valence-electron chi connectivity index (χ1n) is 6.85. The largest absolute Gasteiger partial charge is 0.389 e. The van der Waals surface area contributed by atoms with E-state index in [2.05, 4.69) is 13.5 Å². The topological polar surface area (TPSA) is 40.5 Å². The molecule has 0 aromatic heterocycles. The fraction of sp³-hybridized carbons (Fsp3) is 0.867. The molecule has 2 rings (SSSR count). The van der Waals surface area contributed by atoms with E-state index in [1.807, 2.05) is 13.8 Å². The van der Waals surface area contributed by atoms with E-state index in [1.165, 1.54) is 19.3 Å².